The molecule has 0 aliphatic carbocycles. The Morgan fingerprint density at radius 2 is 2.07 bits per heavy atom. The second-order valence-electron chi connectivity index (χ2n) is 7.53. The Morgan fingerprint density at radius 3 is 2.79 bits per heavy atom. The van der Waals surface area contributed by atoms with E-state index in [1.54, 1.807) is 16.8 Å². The van der Waals surface area contributed by atoms with Crippen LogP contribution in [0.2, 0.25) is 0 Å². The molecule has 1 fully saturated rings. The van der Waals surface area contributed by atoms with Crippen LogP contribution in [0.25, 0.3) is 10.9 Å². The topological polar surface area (TPSA) is 91.6 Å². The molecule has 3 rings (SSSR count). The molecule has 28 heavy (non-hydrogen) atoms. The van der Waals surface area contributed by atoms with Crippen LogP contribution in [-0.4, -0.2) is 45.4 Å². The van der Waals surface area contributed by atoms with Crippen molar-refractivity contribution in [3.63, 3.8) is 0 Å². The molecule has 2 amide bonds. The molecule has 7 heteroatoms. The minimum Gasteiger partial charge on any atom is -0.480 e. The van der Waals surface area contributed by atoms with E-state index in [9.17, 15) is 14.4 Å². The van der Waals surface area contributed by atoms with Crippen molar-refractivity contribution < 1.29 is 19.5 Å². The number of anilines is 1. The molecule has 1 aliphatic rings. The number of benzene rings is 1. The van der Waals surface area contributed by atoms with Gasteiger partial charge in [0.15, 0.2) is 0 Å². The number of hydrogen-bond acceptors (Lipinski definition) is 3. The summed E-state index contributed by atoms with van der Waals surface area (Å²) in [5.41, 5.74) is 1.49. The molecule has 2 aromatic rings. The Bertz CT molecular complexity index is 889. The molecule has 1 saturated heterocycles. The molecular weight excluding hydrogens is 358 g/mol. The summed E-state index contributed by atoms with van der Waals surface area (Å²) in [5, 5.41) is 12.8. The molecule has 1 aromatic carbocycles. The fourth-order valence-corrected chi connectivity index (χ4v) is 3.68. The van der Waals surface area contributed by atoms with Gasteiger partial charge in [-0.25, -0.2) is 0 Å². The van der Waals surface area contributed by atoms with Gasteiger partial charge >= 0.3 is 5.97 Å². The van der Waals surface area contributed by atoms with E-state index < -0.39 is 5.97 Å². The van der Waals surface area contributed by atoms with Crippen LogP contribution < -0.4 is 5.32 Å². The number of piperidine rings is 1. The number of nitrogens with zero attached hydrogens (tertiary/aromatic N) is 2. The van der Waals surface area contributed by atoms with Crippen molar-refractivity contribution in [2.75, 3.05) is 18.4 Å². The van der Waals surface area contributed by atoms with Gasteiger partial charge in [-0.1, -0.05) is 13.8 Å². The summed E-state index contributed by atoms with van der Waals surface area (Å²) >= 11 is 0. The lowest BCUT2D eigenvalue weighted by Gasteiger charge is -2.33. The van der Waals surface area contributed by atoms with Crippen molar-refractivity contribution in [2.45, 2.75) is 39.7 Å². The average Bonchev–Trinajstić information content (AvgIpc) is 3.08. The van der Waals surface area contributed by atoms with E-state index >= 15 is 0 Å². The van der Waals surface area contributed by atoms with Gasteiger partial charge in [0, 0.05) is 41.8 Å². The number of carbonyl (C=O) groups excluding carboxylic acids is 2. The highest BCUT2D eigenvalue weighted by Gasteiger charge is 2.30. The number of nitrogens with one attached hydrogen (secondary N) is 1. The summed E-state index contributed by atoms with van der Waals surface area (Å²) in [6.07, 6.45) is 4.13. The van der Waals surface area contributed by atoms with Gasteiger partial charge in [-0.3, -0.25) is 14.4 Å². The second-order valence-corrected chi connectivity index (χ2v) is 7.53. The molecule has 2 N–H and O–H groups in total. The zero-order valence-corrected chi connectivity index (χ0v) is 16.4. The maximum absolute atomic E-state index is 12.7. The number of aromatic nitrogens is 1. The zero-order chi connectivity index (χ0) is 20.3. The van der Waals surface area contributed by atoms with Crippen molar-refractivity contribution in [1.29, 1.82) is 0 Å². The van der Waals surface area contributed by atoms with Crippen molar-refractivity contribution in [2.24, 2.45) is 11.8 Å². The van der Waals surface area contributed by atoms with Crippen LogP contribution >= 0.6 is 0 Å². The van der Waals surface area contributed by atoms with E-state index in [1.807, 2.05) is 36.9 Å². The Labute approximate surface area is 164 Å². The molecular formula is C21H27N3O4. The number of hydrogen-bond donors (Lipinski definition) is 2. The highest BCUT2D eigenvalue weighted by Crippen LogP contribution is 2.24. The number of rotatable bonds is 6. The minimum atomic E-state index is -0.899. The molecule has 2 unspecified atom stereocenters. The van der Waals surface area contributed by atoms with Gasteiger partial charge in [0.2, 0.25) is 11.8 Å². The Balaban J connectivity index is 1.67. The first kappa shape index (κ1) is 19.9. The fourth-order valence-electron chi connectivity index (χ4n) is 3.68. The number of carboxylic acid groups (broad SMARTS) is 1. The molecule has 1 aliphatic heterocycles. The maximum atomic E-state index is 12.7. The minimum absolute atomic E-state index is 0.0148. The largest absolute Gasteiger partial charge is 0.480 e. The van der Waals surface area contributed by atoms with Crippen LogP contribution in [-0.2, 0) is 20.9 Å². The molecule has 7 nitrogen and oxygen atoms in total. The summed E-state index contributed by atoms with van der Waals surface area (Å²) in [7, 11) is 0. The van der Waals surface area contributed by atoms with Gasteiger partial charge in [-0.2, -0.15) is 0 Å². The lowest BCUT2D eigenvalue weighted by molar-refractivity contribution is -0.139. The molecule has 2 heterocycles. The van der Waals surface area contributed by atoms with Gasteiger partial charge in [-0.05, 0) is 43.5 Å². The van der Waals surface area contributed by atoms with E-state index in [0.29, 0.717) is 12.2 Å². The standard InChI is InChI=1S/C21H27N3O4/c1-3-14(2)21(28)24-9-4-5-16(12-24)20(27)22-17-6-7-18-15(11-17)8-10-23(18)13-19(25)26/h6-8,10-11,14,16H,3-5,9,12-13H2,1-2H3,(H,22,27)(H,25,26). The molecule has 2 atom stereocenters. The van der Waals surface area contributed by atoms with Crippen LogP contribution in [0, 0.1) is 11.8 Å². The van der Waals surface area contributed by atoms with E-state index in [2.05, 4.69) is 5.32 Å². The van der Waals surface area contributed by atoms with Gasteiger partial charge in [0.05, 0.1) is 5.92 Å². The third kappa shape index (κ3) is 4.35. The molecule has 150 valence electrons. The van der Waals surface area contributed by atoms with E-state index in [1.165, 1.54) is 0 Å². The number of aliphatic carboxylic acids is 1. The first-order valence-electron chi connectivity index (χ1n) is 9.79. The van der Waals surface area contributed by atoms with E-state index in [4.69, 9.17) is 5.11 Å². The number of amides is 2. The monoisotopic (exact) mass is 385 g/mol. The smallest absolute Gasteiger partial charge is 0.323 e. The van der Waals surface area contributed by atoms with Crippen molar-refractivity contribution >= 4 is 34.4 Å². The summed E-state index contributed by atoms with van der Waals surface area (Å²) in [6.45, 7) is 5.01. The molecule has 1 aromatic heterocycles. The van der Waals surface area contributed by atoms with Crippen LogP contribution in [0.3, 0.4) is 0 Å². The first-order valence-corrected chi connectivity index (χ1v) is 9.79. The van der Waals surface area contributed by atoms with Gasteiger partial charge < -0.3 is 19.9 Å². The van der Waals surface area contributed by atoms with Crippen LogP contribution in [0.15, 0.2) is 30.5 Å². The predicted octanol–water partition coefficient (Wildman–Crippen LogP) is 2.95. The van der Waals surface area contributed by atoms with Gasteiger partial charge in [-0.15, -0.1) is 0 Å². The van der Waals surface area contributed by atoms with Crippen molar-refractivity contribution in [1.82, 2.24) is 9.47 Å². The maximum Gasteiger partial charge on any atom is 0.323 e. The Hall–Kier alpha value is -2.83. The molecule has 0 bridgehead atoms. The predicted molar refractivity (Wildman–Crippen MR) is 107 cm³/mol. The lowest BCUT2D eigenvalue weighted by atomic mass is 9.95. The number of carboxylic acids is 1. The van der Waals surface area contributed by atoms with Crippen molar-refractivity contribution in [3.05, 3.63) is 30.5 Å². The van der Waals surface area contributed by atoms with Crippen LogP contribution in [0.1, 0.15) is 33.1 Å². The van der Waals surface area contributed by atoms with E-state index in [0.717, 1.165) is 36.7 Å². The molecule has 0 radical (unpaired) electrons. The van der Waals surface area contributed by atoms with Crippen molar-refractivity contribution in [3.8, 4) is 0 Å². The summed E-state index contributed by atoms with van der Waals surface area (Å²) in [6, 6.07) is 7.27. The third-order valence-electron chi connectivity index (χ3n) is 5.48. The summed E-state index contributed by atoms with van der Waals surface area (Å²) < 4.78 is 1.66. The fraction of sp³-hybridized carbons (Fsp3) is 0.476. The summed E-state index contributed by atoms with van der Waals surface area (Å²) in [5.74, 6) is -1.08. The summed E-state index contributed by atoms with van der Waals surface area (Å²) in [4.78, 5) is 37.9. The van der Waals surface area contributed by atoms with Gasteiger partial charge in [0.1, 0.15) is 6.54 Å². The number of carbonyl (C=O) groups is 3. The quantitative estimate of drug-likeness (QED) is 0.800. The lowest BCUT2D eigenvalue weighted by Crippen LogP contribution is -2.45. The highest BCUT2D eigenvalue weighted by molar-refractivity contribution is 5.96. The Kier molecular flexibility index (Phi) is 6.02. The highest BCUT2D eigenvalue weighted by atomic mass is 16.4. The van der Waals surface area contributed by atoms with Crippen LogP contribution in [0.5, 0.6) is 0 Å². The second kappa shape index (κ2) is 8.46. The molecule has 0 saturated carbocycles. The normalized spacial score (nSPS) is 18.1. The average molecular weight is 385 g/mol. The number of fused-ring (bicyclic) bond motifs is 1. The SMILES string of the molecule is CCC(C)C(=O)N1CCCC(C(=O)Nc2ccc3c(ccn3CC(=O)O)c2)C1. The van der Waals surface area contributed by atoms with Gasteiger partial charge in [0.25, 0.3) is 0 Å². The third-order valence-corrected chi connectivity index (χ3v) is 5.48. The molecule has 0 spiro atoms. The Morgan fingerprint density at radius 1 is 1.29 bits per heavy atom. The number of likely N-dealkylation sites (tertiary alicyclic amines) is 1. The first-order chi connectivity index (χ1) is 13.4. The van der Waals surface area contributed by atoms with Crippen LogP contribution in [0.4, 0.5) is 5.69 Å². The zero-order valence-electron chi connectivity index (χ0n) is 16.4. The van der Waals surface area contributed by atoms with E-state index in [-0.39, 0.29) is 30.2 Å².